The summed E-state index contributed by atoms with van der Waals surface area (Å²) < 4.78 is 10.9. The maximum absolute atomic E-state index is 12.8. The molecule has 2 unspecified atom stereocenters. The van der Waals surface area contributed by atoms with Crippen LogP contribution in [0.3, 0.4) is 0 Å². The molecule has 0 spiro atoms. The predicted octanol–water partition coefficient (Wildman–Crippen LogP) is 3.78. The molecule has 35 heavy (non-hydrogen) atoms. The van der Waals surface area contributed by atoms with Gasteiger partial charge in [-0.3, -0.25) is 4.79 Å². The molecule has 0 fully saturated rings. The molecule has 0 bridgehead atoms. The van der Waals surface area contributed by atoms with Crippen LogP contribution in [0.2, 0.25) is 5.02 Å². The lowest BCUT2D eigenvalue weighted by atomic mass is 10.0. The topological polar surface area (TPSA) is 142 Å². The number of aromatic amines is 1. The first-order chi connectivity index (χ1) is 16.7. The highest BCUT2D eigenvalue weighted by Crippen LogP contribution is 2.32. The second-order valence-electron chi connectivity index (χ2n) is 8.13. The van der Waals surface area contributed by atoms with Gasteiger partial charge in [-0.25, -0.2) is 9.59 Å². The number of amides is 1. The van der Waals surface area contributed by atoms with Crippen LogP contribution in [-0.4, -0.2) is 39.2 Å². The van der Waals surface area contributed by atoms with Gasteiger partial charge in [0.15, 0.2) is 6.10 Å². The van der Waals surface area contributed by atoms with Gasteiger partial charge < -0.3 is 29.7 Å². The highest BCUT2D eigenvalue weighted by atomic mass is 35.5. The summed E-state index contributed by atoms with van der Waals surface area (Å²) in [6.07, 6.45) is 1.13. The first-order valence-electron chi connectivity index (χ1n) is 10.9. The van der Waals surface area contributed by atoms with Crippen LogP contribution < -0.4 is 15.7 Å². The summed E-state index contributed by atoms with van der Waals surface area (Å²) in [5, 5.41) is 23.5. The van der Waals surface area contributed by atoms with Gasteiger partial charge in [0.1, 0.15) is 23.1 Å². The summed E-state index contributed by atoms with van der Waals surface area (Å²) in [4.78, 5) is 39.5. The van der Waals surface area contributed by atoms with Gasteiger partial charge in [-0.15, -0.1) is 0 Å². The molecule has 10 heteroatoms. The molecule has 0 aliphatic rings. The Morgan fingerprint density at radius 2 is 1.94 bits per heavy atom. The molecule has 182 valence electrons. The third-order valence-corrected chi connectivity index (χ3v) is 6.02. The maximum atomic E-state index is 12.8. The van der Waals surface area contributed by atoms with Gasteiger partial charge in [0.2, 0.25) is 0 Å². The van der Waals surface area contributed by atoms with Gasteiger partial charge >= 0.3 is 11.6 Å². The average Bonchev–Trinajstić information content (AvgIpc) is 3.20. The minimum atomic E-state index is -1.24. The molecule has 0 radical (unpaired) electrons. The van der Waals surface area contributed by atoms with Crippen molar-refractivity contribution in [3.05, 3.63) is 69.2 Å². The summed E-state index contributed by atoms with van der Waals surface area (Å²) >= 11 is 6.35. The van der Waals surface area contributed by atoms with E-state index in [0.717, 1.165) is 11.1 Å². The first-order valence-corrected chi connectivity index (χ1v) is 11.3. The normalized spacial score (nSPS) is 13.0. The van der Waals surface area contributed by atoms with E-state index in [0.29, 0.717) is 22.8 Å². The fourth-order valence-corrected chi connectivity index (χ4v) is 4.11. The Kier molecular flexibility index (Phi) is 6.70. The molecule has 1 amide bonds. The Morgan fingerprint density at radius 1 is 1.17 bits per heavy atom. The number of aliphatic carboxylic acids is 1. The maximum Gasteiger partial charge on any atom is 0.336 e. The van der Waals surface area contributed by atoms with Gasteiger partial charge in [0.25, 0.3) is 5.91 Å². The number of fused-ring (bicyclic) bond motifs is 2. The van der Waals surface area contributed by atoms with Gasteiger partial charge in [-0.1, -0.05) is 18.5 Å². The largest absolute Gasteiger partial charge is 0.508 e. The van der Waals surface area contributed by atoms with Crippen molar-refractivity contribution in [3.63, 3.8) is 0 Å². The number of aromatic nitrogens is 1. The Balaban J connectivity index is 1.52. The molecule has 2 atom stereocenters. The van der Waals surface area contributed by atoms with Crippen molar-refractivity contribution >= 4 is 45.3 Å². The smallest absolute Gasteiger partial charge is 0.336 e. The summed E-state index contributed by atoms with van der Waals surface area (Å²) in [6, 6.07) is 7.92. The van der Waals surface area contributed by atoms with Crippen molar-refractivity contribution in [3.8, 4) is 11.5 Å². The van der Waals surface area contributed by atoms with Gasteiger partial charge in [0, 0.05) is 41.0 Å². The number of carboxylic acids is 1. The van der Waals surface area contributed by atoms with Crippen molar-refractivity contribution in [1.29, 1.82) is 0 Å². The second kappa shape index (κ2) is 9.71. The van der Waals surface area contributed by atoms with Crippen LogP contribution in [0.5, 0.6) is 11.5 Å². The monoisotopic (exact) mass is 498 g/mol. The number of aromatic hydroxyl groups is 1. The van der Waals surface area contributed by atoms with E-state index >= 15 is 0 Å². The summed E-state index contributed by atoms with van der Waals surface area (Å²) in [5.74, 6) is -1.72. The highest BCUT2D eigenvalue weighted by Gasteiger charge is 2.26. The van der Waals surface area contributed by atoms with Crippen molar-refractivity contribution in [2.24, 2.45) is 0 Å². The fourth-order valence-electron chi connectivity index (χ4n) is 3.90. The molecule has 0 saturated carbocycles. The van der Waals surface area contributed by atoms with E-state index in [9.17, 15) is 24.6 Å². The second-order valence-corrected chi connectivity index (χ2v) is 8.54. The molecule has 9 nitrogen and oxygen atoms in total. The Morgan fingerprint density at radius 3 is 2.66 bits per heavy atom. The van der Waals surface area contributed by atoms with Gasteiger partial charge in [0.05, 0.1) is 5.02 Å². The molecule has 0 aliphatic carbocycles. The van der Waals surface area contributed by atoms with E-state index in [1.54, 1.807) is 18.3 Å². The van der Waals surface area contributed by atoms with Crippen LogP contribution >= 0.6 is 11.6 Å². The molecule has 2 heterocycles. The quantitative estimate of drug-likeness (QED) is 0.271. The van der Waals surface area contributed by atoms with Crippen LogP contribution in [0.15, 0.2) is 51.8 Å². The number of hydrogen-bond acceptors (Lipinski definition) is 6. The van der Waals surface area contributed by atoms with E-state index in [-0.39, 0.29) is 28.5 Å². The number of carbonyl (C=O) groups is 2. The zero-order valence-corrected chi connectivity index (χ0v) is 19.7. The molecular weight excluding hydrogens is 476 g/mol. The van der Waals surface area contributed by atoms with Crippen LogP contribution in [-0.2, 0) is 22.4 Å². The third-order valence-electron chi connectivity index (χ3n) is 5.73. The zero-order valence-electron chi connectivity index (χ0n) is 18.9. The van der Waals surface area contributed by atoms with Crippen molar-refractivity contribution in [2.75, 3.05) is 0 Å². The SMILES string of the molecule is CCc1cc(=O)oc2cc(OC(C)C(=O)NC(Cc3c[nH]c4ccc(O)cc34)C(=O)O)c(Cl)cc12. The predicted molar refractivity (Wildman–Crippen MR) is 130 cm³/mol. The number of phenols is 1. The summed E-state index contributed by atoms with van der Waals surface area (Å²) in [7, 11) is 0. The lowest BCUT2D eigenvalue weighted by Gasteiger charge is -2.19. The Hall–Kier alpha value is -3.98. The number of halogens is 1. The Bertz CT molecular complexity index is 1490. The average molecular weight is 499 g/mol. The molecule has 0 aliphatic heterocycles. The van der Waals surface area contributed by atoms with E-state index in [2.05, 4.69) is 10.3 Å². The van der Waals surface area contributed by atoms with Crippen molar-refractivity contribution in [1.82, 2.24) is 10.3 Å². The number of phenolic OH excluding ortho intramolecular Hbond substituents is 1. The van der Waals surface area contributed by atoms with E-state index < -0.39 is 29.6 Å². The number of aryl methyl sites for hydroxylation is 1. The number of ether oxygens (including phenoxy) is 1. The molecule has 4 aromatic rings. The highest BCUT2D eigenvalue weighted by molar-refractivity contribution is 6.32. The Labute approximate surface area is 204 Å². The van der Waals surface area contributed by atoms with Crippen molar-refractivity contribution < 1.29 is 29.0 Å². The van der Waals surface area contributed by atoms with Crippen molar-refractivity contribution in [2.45, 2.75) is 38.8 Å². The molecule has 2 aromatic heterocycles. The molecule has 4 N–H and O–H groups in total. The zero-order chi connectivity index (χ0) is 25.3. The summed E-state index contributed by atoms with van der Waals surface area (Å²) in [6.45, 7) is 3.36. The number of hydrogen-bond donors (Lipinski definition) is 4. The van der Waals surface area contributed by atoms with Crippen LogP contribution in [0.25, 0.3) is 21.9 Å². The van der Waals surface area contributed by atoms with E-state index in [4.69, 9.17) is 20.8 Å². The van der Waals surface area contributed by atoms with Crippen LogP contribution in [0.4, 0.5) is 0 Å². The molecule has 0 saturated heterocycles. The number of nitrogens with one attached hydrogen (secondary N) is 2. The number of H-pyrrole nitrogens is 1. The molecular formula is C25H23ClN2O7. The number of benzene rings is 2. The third kappa shape index (κ3) is 5.09. The van der Waals surface area contributed by atoms with E-state index in [1.165, 1.54) is 31.2 Å². The summed E-state index contributed by atoms with van der Waals surface area (Å²) in [5.41, 5.74) is 1.88. The van der Waals surface area contributed by atoms with E-state index in [1.807, 2.05) is 6.92 Å². The van der Waals surface area contributed by atoms with Gasteiger partial charge in [-0.2, -0.15) is 0 Å². The number of rotatable bonds is 8. The molecule has 2 aromatic carbocycles. The molecule has 4 rings (SSSR count). The van der Waals surface area contributed by atoms with Crippen LogP contribution in [0.1, 0.15) is 25.0 Å². The van der Waals surface area contributed by atoms with Crippen LogP contribution in [0, 0.1) is 0 Å². The standard InChI is InChI=1S/C25H23ClN2O7/c1-3-13-7-23(30)35-21-10-22(18(26)9-17(13)21)34-12(2)24(31)28-20(25(32)33)6-14-11-27-19-5-4-15(29)8-16(14)19/h4-5,7-12,20,27,29H,3,6H2,1-2H3,(H,28,31)(H,32,33). The fraction of sp³-hybridized carbons (Fsp3) is 0.240. The number of carboxylic acid groups (broad SMARTS) is 1. The van der Waals surface area contributed by atoms with Gasteiger partial charge in [-0.05, 0) is 48.7 Å². The first kappa shape index (κ1) is 24.2. The minimum absolute atomic E-state index is 0.0150. The minimum Gasteiger partial charge on any atom is -0.508 e. The lowest BCUT2D eigenvalue weighted by molar-refractivity contribution is -0.142. The number of carbonyl (C=O) groups excluding carboxylic acids is 1. The lowest BCUT2D eigenvalue weighted by Crippen LogP contribution is -2.47.